The highest BCUT2D eigenvalue weighted by Gasteiger charge is 2.32. The Kier molecular flexibility index (Phi) is 8.81. The van der Waals surface area contributed by atoms with Gasteiger partial charge in [-0.3, -0.25) is 9.59 Å². The predicted octanol–water partition coefficient (Wildman–Crippen LogP) is 2.84. The van der Waals surface area contributed by atoms with Gasteiger partial charge in [-0.1, -0.05) is 42.5 Å². The average molecular weight is 445 g/mol. The fourth-order valence-corrected chi connectivity index (χ4v) is 3.85. The fourth-order valence-electron chi connectivity index (χ4n) is 3.02. The Hall–Kier alpha value is -3.13. The topological polar surface area (TPSA) is 92.8 Å². The monoisotopic (exact) mass is 444 g/mol. The number of carbonyl (C=O) groups excluding carboxylic acids is 2. The van der Waals surface area contributed by atoms with Crippen molar-refractivity contribution >= 4 is 27.9 Å². The van der Waals surface area contributed by atoms with Gasteiger partial charge < -0.3 is 9.64 Å². The SMILES string of the molecule is CCN(CC)C(=O)C(Cc1ccc(OC)cc1)C(=O)NS(=O)(=O)/C=C/c1ccccc1. The first-order valence-corrected chi connectivity index (χ1v) is 11.6. The van der Waals surface area contributed by atoms with E-state index in [-0.39, 0.29) is 6.42 Å². The number of hydrogen-bond donors (Lipinski definition) is 1. The van der Waals surface area contributed by atoms with Crippen molar-refractivity contribution in [3.05, 3.63) is 71.1 Å². The average Bonchev–Trinajstić information content (AvgIpc) is 2.77. The van der Waals surface area contributed by atoms with Crippen molar-refractivity contribution in [2.75, 3.05) is 20.2 Å². The number of nitrogens with one attached hydrogen (secondary N) is 1. The third-order valence-corrected chi connectivity index (χ3v) is 5.75. The third kappa shape index (κ3) is 7.25. The van der Waals surface area contributed by atoms with Crippen molar-refractivity contribution in [1.29, 1.82) is 0 Å². The summed E-state index contributed by atoms with van der Waals surface area (Å²) in [5.41, 5.74) is 1.40. The summed E-state index contributed by atoms with van der Waals surface area (Å²) in [6.07, 6.45) is 1.46. The van der Waals surface area contributed by atoms with Crippen molar-refractivity contribution in [1.82, 2.24) is 9.62 Å². The summed E-state index contributed by atoms with van der Waals surface area (Å²) in [5.74, 6) is -1.80. The zero-order valence-corrected chi connectivity index (χ0v) is 18.8. The van der Waals surface area contributed by atoms with Crippen LogP contribution < -0.4 is 9.46 Å². The maximum absolute atomic E-state index is 13.0. The predicted molar refractivity (Wildman–Crippen MR) is 121 cm³/mol. The second-order valence-electron chi connectivity index (χ2n) is 6.84. The molecule has 2 rings (SSSR count). The third-order valence-electron chi connectivity index (χ3n) is 4.77. The zero-order valence-electron chi connectivity index (χ0n) is 17.9. The summed E-state index contributed by atoms with van der Waals surface area (Å²) < 4.78 is 32.0. The molecule has 0 aliphatic rings. The van der Waals surface area contributed by atoms with Gasteiger partial charge in [0.2, 0.25) is 11.8 Å². The Bertz CT molecular complexity index is 998. The zero-order chi connectivity index (χ0) is 22.9. The van der Waals surface area contributed by atoms with E-state index in [0.717, 1.165) is 11.0 Å². The molecule has 1 atom stereocenters. The first kappa shape index (κ1) is 24.1. The molecule has 0 spiro atoms. The van der Waals surface area contributed by atoms with Crippen LogP contribution in [0.4, 0.5) is 0 Å². The largest absolute Gasteiger partial charge is 0.497 e. The minimum atomic E-state index is -4.07. The fraction of sp³-hybridized carbons (Fsp3) is 0.304. The van der Waals surface area contributed by atoms with Gasteiger partial charge in [0.1, 0.15) is 11.7 Å². The smallest absolute Gasteiger partial charge is 0.257 e. The molecular formula is C23H28N2O5S. The van der Waals surface area contributed by atoms with Crippen LogP contribution in [0, 0.1) is 5.92 Å². The molecule has 0 fully saturated rings. The van der Waals surface area contributed by atoms with Crippen LogP contribution in [0.5, 0.6) is 5.75 Å². The van der Waals surface area contributed by atoms with Crippen LogP contribution in [-0.2, 0) is 26.0 Å². The highest BCUT2D eigenvalue weighted by molar-refractivity contribution is 7.93. The molecule has 1 unspecified atom stereocenters. The molecule has 0 saturated heterocycles. The molecule has 166 valence electrons. The van der Waals surface area contributed by atoms with E-state index in [4.69, 9.17) is 4.74 Å². The Balaban J connectivity index is 2.23. The Labute approximate surface area is 183 Å². The molecule has 0 aromatic heterocycles. The van der Waals surface area contributed by atoms with Crippen LogP contribution in [0.25, 0.3) is 6.08 Å². The lowest BCUT2D eigenvalue weighted by atomic mass is 9.97. The van der Waals surface area contributed by atoms with E-state index in [0.29, 0.717) is 24.4 Å². The van der Waals surface area contributed by atoms with Gasteiger partial charge in [-0.15, -0.1) is 0 Å². The second-order valence-corrected chi connectivity index (χ2v) is 8.41. The molecule has 0 aliphatic heterocycles. The van der Waals surface area contributed by atoms with Gasteiger partial charge in [0.25, 0.3) is 10.0 Å². The normalized spacial score (nSPS) is 12.4. The van der Waals surface area contributed by atoms with E-state index in [1.54, 1.807) is 55.6 Å². The summed E-state index contributed by atoms with van der Waals surface area (Å²) >= 11 is 0. The maximum Gasteiger partial charge on any atom is 0.257 e. The highest BCUT2D eigenvalue weighted by atomic mass is 32.2. The van der Waals surface area contributed by atoms with Crippen molar-refractivity contribution in [2.24, 2.45) is 5.92 Å². The lowest BCUT2D eigenvalue weighted by molar-refractivity contribution is -0.141. The van der Waals surface area contributed by atoms with E-state index in [2.05, 4.69) is 0 Å². The second kappa shape index (κ2) is 11.3. The van der Waals surface area contributed by atoms with Gasteiger partial charge in [0, 0.05) is 13.1 Å². The van der Waals surface area contributed by atoms with Gasteiger partial charge in [-0.25, -0.2) is 13.1 Å². The van der Waals surface area contributed by atoms with E-state index < -0.39 is 27.8 Å². The number of sulfonamides is 1. The van der Waals surface area contributed by atoms with Crippen LogP contribution in [0.15, 0.2) is 60.0 Å². The van der Waals surface area contributed by atoms with E-state index in [1.165, 1.54) is 11.0 Å². The van der Waals surface area contributed by atoms with Gasteiger partial charge in [0.15, 0.2) is 0 Å². The minimum absolute atomic E-state index is 0.0725. The lowest BCUT2D eigenvalue weighted by Crippen LogP contribution is -2.45. The van der Waals surface area contributed by atoms with Gasteiger partial charge in [0.05, 0.1) is 12.5 Å². The Morgan fingerprint density at radius 1 is 1.03 bits per heavy atom. The molecule has 7 nitrogen and oxygen atoms in total. The van der Waals surface area contributed by atoms with Gasteiger partial charge in [-0.2, -0.15) is 0 Å². The molecule has 1 N–H and O–H groups in total. The number of ether oxygens (including phenoxy) is 1. The number of benzene rings is 2. The van der Waals surface area contributed by atoms with Crippen LogP contribution >= 0.6 is 0 Å². The quantitative estimate of drug-likeness (QED) is 0.569. The standard InChI is InChI=1S/C23H28N2O5S/c1-4-25(5-2)23(27)21(17-19-11-13-20(30-3)14-12-19)22(26)24-31(28,29)16-15-18-9-7-6-8-10-18/h6-16,21H,4-5,17H2,1-3H3,(H,24,26)/b16-15+. The first-order chi connectivity index (χ1) is 14.8. The number of carbonyl (C=O) groups is 2. The summed E-state index contributed by atoms with van der Waals surface area (Å²) in [6.45, 7) is 4.46. The summed E-state index contributed by atoms with van der Waals surface area (Å²) in [5, 5.41) is 0.923. The number of amides is 2. The van der Waals surface area contributed by atoms with Gasteiger partial charge >= 0.3 is 0 Å². The van der Waals surface area contributed by atoms with Crippen LogP contribution in [0.2, 0.25) is 0 Å². The maximum atomic E-state index is 13.0. The first-order valence-electron chi connectivity index (χ1n) is 10.0. The molecule has 2 aromatic rings. The number of rotatable bonds is 10. The molecule has 0 saturated carbocycles. The van der Waals surface area contributed by atoms with Crippen molar-refractivity contribution in [2.45, 2.75) is 20.3 Å². The molecule has 31 heavy (non-hydrogen) atoms. The van der Waals surface area contributed by atoms with E-state index in [1.807, 2.05) is 24.6 Å². The summed E-state index contributed by atoms with van der Waals surface area (Å²) in [7, 11) is -2.53. The molecule has 2 amide bonds. The Morgan fingerprint density at radius 2 is 1.65 bits per heavy atom. The Morgan fingerprint density at radius 3 is 2.19 bits per heavy atom. The van der Waals surface area contributed by atoms with Crippen molar-refractivity contribution < 1.29 is 22.7 Å². The highest BCUT2D eigenvalue weighted by Crippen LogP contribution is 2.17. The minimum Gasteiger partial charge on any atom is -0.497 e. The van der Waals surface area contributed by atoms with E-state index >= 15 is 0 Å². The van der Waals surface area contributed by atoms with Crippen molar-refractivity contribution in [3.63, 3.8) is 0 Å². The van der Waals surface area contributed by atoms with Crippen molar-refractivity contribution in [3.8, 4) is 5.75 Å². The lowest BCUT2D eigenvalue weighted by Gasteiger charge is -2.24. The molecular weight excluding hydrogens is 416 g/mol. The number of methoxy groups -OCH3 is 1. The molecule has 0 bridgehead atoms. The molecule has 0 aliphatic carbocycles. The van der Waals surface area contributed by atoms with Gasteiger partial charge in [-0.05, 0) is 49.6 Å². The number of hydrogen-bond acceptors (Lipinski definition) is 5. The van der Waals surface area contributed by atoms with E-state index in [9.17, 15) is 18.0 Å². The summed E-state index contributed by atoms with van der Waals surface area (Å²) in [4.78, 5) is 27.4. The van der Waals surface area contributed by atoms with Crippen LogP contribution in [0.3, 0.4) is 0 Å². The van der Waals surface area contributed by atoms with Crippen LogP contribution in [0.1, 0.15) is 25.0 Å². The number of nitrogens with zero attached hydrogens (tertiary/aromatic N) is 1. The molecule has 8 heteroatoms. The summed E-state index contributed by atoms with van der Waals surface area (Å²) in [6, 6.07) is 15.8. The molecule has 2 aromatic carbocycles. The molecule has 0 heterocycles. The molecule has 0 radical (unpaired) electrons. The van der Waals surface area contributed by atoms with Crippen LogP contribution in [-0.4, -0.2) is 45.3 Å².